The lowest BCUT2D eigenvalue weighted by atomic mass is 9.99. The molecule has 1 aromatic rings. The minimum Gasteiger partial charge on any atom is -0.379 e. The van der Waals surface area contributed by atoms with Gasteiger partial charge in [0.05, 0.1) is 19.8 Å². The van der Waals surface area contributed by atoms with E-state index in [9.17, 15) is 4.79 Å². The zero-order chi connectivity index (χ0) is 16.8. The minimum atomic E-state index is 0.239. The lowest BCUT2D eigenvalue weighted by molar-refractivity contribution is -0.133. The third kappa shape index (κ3) is 4.98. The number of hydrogen-bond donors (Lipinski definition) is 0. The van der Waals surface area contributed by atoms with Crippen LogP contribution in [0.4, 0.5) is 0 Å². The van der Waals surface area contributed by atoms with Crippen molar-refractivity contribution >= 4 is 5.91 Å². The lowest BCUT2D eigenvalue weighted by Gasteiger charge is -2.32. The van der Waals surface area contributed by atoms with Crippen molar-refractivity contribution in [1.29, 1.82) is 0 Å². The van der Waals surface area contributed by atoms with Gasteiger partial charge in [0.1, 0.15) is 6.33 Å². The number of rotatable bonds is 4. The maximum absolute atomic E-state index is 12.7. The van der Waals surface area contributed by atoms with E-state index in [-0.39, 0.29) is 5.91 Å². The van der Waals surface area contributed by atoms with Crippen LogP contribution in [0.1, 0.15) is 25.5 Å². The van der Waals surface area contributed by atoms with E-state index in [0.29, 0.717) is 32.2 Å². The van der Waals surface area contributed by atoms with E-state index >= 15 is 0 Å². The average molecular weight is 332 g/mol. The molecular formula is C18H28N4O2. The molecule has 132 valence electrons. The first-order valence-corrected chi connectivity index (χ1v) is 9.03. The molecule has 3 heterocycles. The standard InChI is InChI=1S/C18H28N4O2/c1-15-3-6-21(7-4-15)12-18(23)22-8-9-24-13-16(11-22)10-17-2-5-19-14-20-17/h2,5,14-16H,3-4,6-13H2,1H3/t16-/m1/s1. The molecule has 0 aliphatic carbocycles. The summed E-state index contributed by atoms with van der Waals surface area (Å²) < 4.78 is 5.71. The molecule has 2 aliphatic heterocycles. The molecule has 2 fully saturated rings. The molecular weight excluding hydrogens is 304 g/mol. The molecule has 0 bridgehead atoms. The van der Waals surface area contributed by atoms with E-state index in [1.165, 1.54) is 12.8 Å². The summed E-state index contributed by atoms with van der Waals surface area (Å²) in [5.41, 5.74) is 1.01. The van der Waals surface area contributed by atoms with Crippen molar-refractivity contribution in [3.05, 3.63) is 24.3 Å². The Morgan fingerprint density at radius 1 is 1.33 bits per heavy atom. The summed E-state index contributed by atoms with van der Waals surface area (Å²) in [6.07, 6.45) is 6.57. The molecule has 0 aromatic carbocycles. The molecule has 1 atom stereocenters. The quantitative estimate of drug-likeness (QED) is 0.830. The average Bonchev–Trinajstić information content (AvgIpc) is 2.83. The molecule has 6 nitrogen and oxygen atoms in total. The van der Waals surface area contributed by atoms with E-state index in [0.717, 1.165) is 37.7 Å². The Labute approximate surface area is 144 Å². The summed E-state index contributed by atoms with van der Waals surface area (Å²) in [6, 6.07) is 1.94. The fourth-order valence-electron chi connectivity index (χ4n) is 3.48. The van der Waals surface area contributed by atoms with Gasteiger partial charge in [0, 0.05) is 30.9 Å². The second-order valence-corrected chi connectivity index (χ2v) is 7.14. The Morgan fingerprint density at radius 3 is 2.92 bits per heavy atom. The number of hydrogen-bond acceptors (Lipinski definition) is 5. The van der Waals surface area contributed by atoms with Crippen LogP contribution in [0.2, 0.25) is 0 Å². The third-order valence-electron chi connectivity index (χ3n) is 5.07. The highest BCUT2D eigenvalue weighted by Crippen LogP contribution is 2.17. The van der Waals surface area contributed by atoms with Crippen LogP contribution in [0.3, 0.4) is 0 Å². The highest BCUT2D eigenvalue weighted by molar-refractivity contribution is 5.78. The van der Waals surface area contributed by atoms with Crippen LogP contribution in [-0.4, -0.2) is 71.6 Å². The van der Waals surface area contributed by atoms with Gasteiger partial charge in [-0.1, -0.05) is 6.92 Å². The number of carbonyl (C=O) groups excluding carboxylic acids is 1. The largest absolute Gasteiger partial charge is 0.379 e. The van der Waals surface area contributed by atoms with Crippen molar-refractivity contribution in [2.24, 2.45) is 11.8 Å². The topological polar surface area (TPSA) is 58.6 Å². The number of amides is 1. The summed E-state index contributed by atoms with van der Waals surface area (Å²) in [4.78, 5) is 25.2. The van der Waals surface area contributed by atoms with E-state index in [1.54, 1.807) is 12.5 Å². The van der Waals surface area contributed by atoms with Crippen molar-refractivity contribution < 1.29 is 9.53 Å². The van der Waals surface area contributed by atoms with Crippen molar-refractivity contribution in [2.75, 3.05) is 45.9 Å². The predicted octanol–water partition coefficient (Wildman–Crippen LogP) is 1.23. The minimum absolute atomic E-state index is 0.239. The Bertz CT molecular complexity index is 517. The Balaban J connectivity index is 1.53. The molecule has 6 heteroatoms. The van der Waals surface area contributed by atoms with Gasteiger partial charge in [-0.15, -0.1) is 0 Å². The Morgan fingerprint density at radius 2 is 2.17 bits per heavy atom. The molecule has 24 heavy (non-hydrogen) atoms. The molecule has 0 saturated carbocycles. The number of carbonyl (C=O) groups is 1. The highest BCUT2D eigenvalue weighted by Gasteiger charge is 2.25. The van der Waals surface area contributed by atoms with Crippen molar-refractivity contribution in [1.82, 2.24) is 19.8 Å². The van der Waals surface area contributed by atoms with Gasteiger partial charge in [-0.3, -0.25) is 9.69 Å². The van der Waals surface area contributed by atoms with Gasteiger partial charge in [0.25, 0.3) is 0 Å². The van der Waals surface area contributed by atoms with Crippen molar-refractivity contribution in [3.63, 3.8) is 0 Å². The Hall–Kier alpha value is -1.53. The fraction of sp³-hybridized carbons (Fsp3) is 0.722. The van der Waals surface area contributed by atoms with E-state index in [1.807, 2.05) is 11.0 Å². The zero-order valence-electron chi connectivity index (χ0n) is 14.6. The second kappa shape index (κ2) is 8.53. The van der Waals surface area contributed by atoms with Crippen molar-refractivity contribution in [3.8, 4) is 0 Å². The van der Waals surface area contributed by atoms with E-state index in [2.05, 4.69) is 21.8 Å². The van der Waals surface area contributed by atoms with Gasteiger partial charge in [0.2, 0.25) is 5.91 Å². The summed E-state index contributed by atoms with van der Waals surface area (Å²) >= 11 is 0. The summed E-state index contributed by atoms with van der Waals surface area (Å²) in [6.45, 7) is 7.70. The fourth-order valence-corrected chi connectivity index (χ4v) is 3.48. The molecule has 1 aromatic heterocycles. The number of ether oxygens (including phenoxy) is 1. The van der Waals surface area contributed by atoms with Gasteiger partial charge in [-0.05, 0) is 44.3 Å². The highest BCUT2D eigenvalue weighted by atomic mass is 16.5. The van der Waals surface area contributed by atoms with Crippen molar-refractivity contribution in [2.45, 2.75) is 26.2 Å². The third-order valence-corrected chi connectivity index (χ3v) is 5.07. The first kappa shape index (κ1) is 17.3. The SMILES string of the molecule is CC1CCN(CC(=O)N2CCOC[C@H](Cc3ccncn3)C2)CC1. The van der Waals surface area contributed by atoms with Crippen LogP contribution in [0.25, 0.3) is 0 Å². The zero-order valence-corrected chi connectivity index (χ0v) is 14.6. The first-order chi connectivity index (χ1) is 11.7. The molecule has 2 saturated heterocycles. The van der Waals surface area contributed by atoms with Crippen LogP contribution in [0.5, 0.6) is 0 Å². The van der Waals surface area contributed by atoms with Crippen LogP contribution >= 0.6 is 0 Å². The molecule has 1 amide bonds. The summed E-state index contributed by atoms with van der Waals surface area (Å²) in [5, 5.41) is 0. The van der Waals surface area contributed by atoms with Crippen LogP contribution < -0.4 is 0 Å². The number of likely N-dealkylation sites (tertiary alicyclic amines) is 1. The number of nitrogens with zero attached hydrogens (tertiary/aromatic N) is 4. The lowest BCUT2D eigenvalue weighted by Crippen LogP contribution is -2.45. The number of aromatic nitrogens is 2. The molecule has 0 unspecified atom stereocenters. The molecule has 0 N–H and O–H groups in total. The maximum Gasteiger partial charge on any atom is 0.236 e. The van der Waals surface area contributed by atoms with E-state index in [4.69, 9.17) is 4.74 Å². The normalized spacial score (nSPS) is 23.9. The first-order valence-electron chi connectivity index (χ1n) is 9.03. The van der Waals surface area contributed by atoms with Crippen LogP contribution in [0.15, 0.2) is 18.6 Å². The predicted molar refractivity (Wildman–Crippen MR) is 91.5 cm³/mol. The summed E-state index contributed by atoms with van der Waals surface area (Å²) in [5.74, 6) is 1.33. The van der Waals surface area contributed by atoms with Gasteiger partial charge in [-0.2, -0.15) is 0 Å². The van der Waals surface area contributed by atoms with Crippen LogP contribution in [0, 0.1) is 11.8 Å². The van der Waals surface area contributed by atoms with Gasteiger partial charge >= 0.3 is 0 Å². The maximum atomic E-state index is 12.7. The number of piperidine rings is 1. The molecule has 2 aliphatic rings. The summed E-state index contributed by atoms with van der Waals surface area (Å²) in [7, 11) is 0. The molecule has 3 rings (SSSR count). The van der Waals surface area contributed by atoms with Gasteiger partial charge in [-0.25, -0.2) is 9.97 Å². The second-order valence-electron chi connectivity index (χ2n) is 7.14. The van der Waals surface area contributed by atoms with E-state index < -0.39 is 0 Å². The molecule has 0 radical (unpaired) electrons. The van der Waals surface area contributed by atoms with Gasteiger partial charge < -0.3 is 9.64 Å². The van der Waals surface area contributed by atoms with Gasteiger partial charge in [0.15, 0.2) is 0 Å². The monoisotopic (exact) mass is 332 g/mol. The van der Waals surface area contributed by atoms with Crippen LogP contribution in [-0.2, 0) is 16.0 Å². The smallest absolute Gasteiger partial charge is 0.236 e. The molecule has 0 spiro atoms. The Kier molecular flexibility index (Phi) is 6.15.